The Morgan fingerprint density at radius 1 is 0.944 bits per heavy atom. The van der Waals surface area contributed by atoms with Gasteiger partial charge in [-0.1, -0.05) is 48.5 Å². The number of nitrogens with one attached hydrogen (secondary N) is 1. The average molecular weight is 495 g/mol. The topological polar surface area (TPSA) is 88.1 Å². The van der Waals surface area contributed by atoms with E-state index in [1.54, 1.807) is 18.2 Å². The number of halogens is 1. The van der Waals surface area contributed by atoms with Crippen molar-refractivity contribution < 1.29 is 28.6 Å². The molecule has 2 heterocycles. The third-order valence-electron chi connectivity index (χ3n) is 7.58. The number of hydrogen-bond donors (Lipinski definition) is 2. The van der Waals surface area contributed by atoms with Gasteiger partial charge in [0.25, 0.3) is 5.79 Å². The highest BCUT2D eigenvalue weighted by Gasteiger charge is 2.63. The zero-order valence-electron chi connectivity index (χ0n) is 20.1. The molecule has 2 atom stereocenters. The largest absolute Gasteiger partial charge is 0.416 e. The number of aliphatic hydroxyl groups is 1. The summed E-state index contributed by atoms with van der Waals surface area (Å²) in [7, 11) is 0. The Labute approximate surface area is 209 Å². The molecule has 2 unspecified atom stereocenters. The van der Waals surface area contributed by atoms with E-state index in [0.29, 0.717) is 30.5 Å². The first kappa shape index (κ1) is 24.6. The molecule has 5 rings (SSSR count). The van der Waals surface area contributed by atoms with E-state index < -0.39 is 35.1 Å². The average Bonchev–Trinajstić information content (AvgIpc) is 3.04. The maximum Gasteiger partial charge on any atom is 0.334 e. The molecule has 1 spiro atoms. The van der Waals surface area contributed by atoms with Crippen LogP contribution in [0.2, 0.25) is 0 Å². The molecule has 3 aliphatic rings. The molecule has 36 heavy (non-hydrogen) atoms. The molecule has 1 saturated carbocycles. The molecule has 1 saturated heterocycles. The van der Waals surface area contributed by atoms with Gasteiger partial charge in [0.05, 0.1) is 0 Å². The second-order valence-electron chi connectivity index (χ2n) is 9.74. The van der Waals surface area contributed by atoms with Gasteiger partial charge < -0.3 is 24.8 Å². The number of piperazine rings is 1. The number of hydrogen-bond acceptors (Lipinski definition) is 7. The summed E-state index contributed by atoms with van der Waals surface area (Å²) in [5, 5.41) is 15.8. The molecule has 2 aliphatic heterocycles. The Hall–Kier alpha value is -3.07. The minimum atomic E-state index is -1.91. The molecule has 0 amide bonds. The second kappa shape index (κ2) is 10.1. The second-order valence-corrected chi connectivity index (χ2v) is 9.74. The van der Waals surface area contributed by atoms with Crippen molar-refractivity contribution in [3.05, 3.63) is 72.1 Å². The van der Waals surface area contributed by atoms with Crippen LogP contribution in [0.4, 0.5) is 4.39 Å². The van der Waals surface area contributed by atoms with Crippen molar-refractivity contribution in [2.45, 2.75) is 43.0 Å². The molecule has 0 aromatic heterocycles. The van der Waals surface area contributed by atoms with E-state index >= 15 is 4.39 Å². The van der Waals surface area contributed by atoms with Crippen LogP contribution in [-0.2, 0) is 19.1 Å². The third-order valence-corrected chi connectivity index (χ3v) is 7.58. The first-order valence-electron chi connectivity index (χ1n) is 12.6. The predicted molar refractivity (Wildman–Crippen MR) is 131 cm³/mol. The summed E-state index contributed by atoms with van der Waals surface area (Å²) in [6.07, 6.45) is 3.57. The van der Waals surface area contributed by atoms with Crippen LogP contribution >= 0.6 is 0 Å². The minimum absolute atomic E-state index is 0.140. The highest BCUT2D eigenvalue weighted by molar-refractivity contribution is 5.93. The summed E-state index contributed by atoms with van der Waals surface area (Å²) >= 11 is 0. The van der Waals surface area contributed by atoms with E-state index in [2.05, 4.69) is 10.2 Å². The van der Waals surface area contributed by atoms with Crippen molar-refractivity contribution in [2.24, 2.45) is 0 Å². The fourth-order valence-electron chi connectivity index (χ4n) is 5.75. The fraction of sp³-hybridized carbons (Fsp3) is 0.429. The van der Waals surface area contributed by atoms with E-state index in [1.807, 2.05) is 30.3 Å². The highest BCUT2D eigenvalue weighted by Crippen LogP contribution is 2.51. The smallest absolute Gasteiger partial charge is 0.334 e. The van der Waals surface area contributed by atoms with E-state index in [9.17, 15) is 14.7 Å². The molecule has 8 heteroatoms. The molecule has 190 valence electrons. The number of carbonyl (C=O) groups excluding carboxylic acids is 2. The summed E-state index contributed by atoms with van der Waals surface area (Å²) in [5.74, 6) is -4.70. The van der Waals surface area contributed by atoms with Crippen LogP contribution in [0.1, 0.15) is 37.2 Å². The number of carbonyl (C=O) groups is 2. The van der Waals surface area contributed by atoms with Gasteiger partial charge in [-0.05, 0) is 30.4 Å². The zero-order chi connectivity index (χ0) is 25.2. The Morgan fingerprint density at radius 2 is 1.61 bits per heavy atom. The number of ether oxygens (including phenoxy) is 2. The van der Waals surface area contributed by atoms with Gasteiger partial charge in [-0.25, -0.2) is 14.0 Å². The predicted octanol–water partition coefficient (Wildman–Crippen LogP) is 3.14. The van der Waals surface area contributed by atoms with Crippen LogP contribution in [0.15, 0.2) is 60.7 Å². The summed E-state index contributed by atoms with van der Waals surface area (Å²) < 4.78 is 27.7. The molecule has 2 aromatic carbocycles. The van der Waals surface area contributed by atoms with Crippen LogP contribution in [0.5, 0.6) is 0 Å². The first-order valence-corrected chi connectivity index (χ1v) is 12.6. The molecule has 1 aliphatic carbocycles. The van der Waals surface area contributed by atoms with Gasteiger partial charge in [0.1, 0.15) is 11.4 Å². The van der Waals surface area contributed by atoms with Crippen LogP contribution in [0, 0.1) is 5.82 Å². The minimum Gasteiger partial charge on any atom is -0.416 e. The van der Waals surface area contributed by atoms with Crippen LogP contribution in [0.25, 0.3) is 11.1 Å². The summed E-state index contributed by atoms with van der Waals surface area (Å²) in [5.41, 5.74) is -0.380. The van der Waals surface area contributed by atoms with Crippen molar-refractivity contribution in [1.82, 2.24) is 10.2 Å². The zero-order valence-corrected chi connectivity index (χ0v) is 20.1. The Kier molecular flexibility index (Phi) is 6.92. The van der Waals surface area contributed by atoms with Gasteiger partial charge in [-0.2, -0.15) is 0 Å². The van der Waals surface area contributed by atoms with Crippen LogP contribution < -0.4 is 5.32 Å². The quantitative estimate of drug-likeness (QED) is 0.618. The lowest BCUT2D eigenvalue weighted by molar-refractivity contribution is -0.309. The summed E-state index contributed by atoms with van der Waals surface area (Å²) in [4.78, 5) is 27.2. The summed E-state index contributed by atoms with van der Waals surface area (Å²) in [6, 6.07) is 14.4. The number of rotatable bonds is 5. The third kappa shape index (κ3) is 4.56. The van der Waals surface area contributed by atoms with Gasteiger partial charge in [-0.3, -0.25) is 0 Å². The molecule has 2 fully saturated rings. The van der Waals surface area contributed by atoms with E-state index in [0.717, 1.165) is 43.9 Å². The van der Waals surface area contributed by atoms with Gasteiger partial charge in [-0.15, -0.1) is 0 Å². The summed E-state index contributed by atoms with van der Waals surface area (Å²) in [6.45, 7) is 3.31. The lowest BCUT2D eigenvalue weighted by atomic mass is 9.68. The molecule has 0 radical (unpaired) electrons. The molecule has 7 nitrogen and oxygen atoms in total. The SMILES string of the molecule is O=C1C=CC(=O)OC2(CCCCC2(O)C(CN2CCNCC2)c2cccc(-c3ccccc3)c2F)O1. The molecule has 2 N–H and O–H groups in total. The molecule has 0 bridgehead atoms. The van der Waals surface area contributed by atoms with Gasteiger partial charge >= 0.3 is 11.9 Å². The number of esters is 2. The van der Waals surface area contributed by atoms with Crippen LogP contribution in [-0.4, -0.2) is 66.1 Å². The molecule has 2 aromatic rings. The highest BCUT2D eigenvalue weighted by atomic mass is 19.1. The van der Waals surface area contributed by atoms with Crippen molar-refractivity contribution in [1.29, 1.82) is 0 Å². The maximum atomic E-state index is 16.3. The Bertz CT molecular complexity index is 1130. The van der Waals surface area contributed by atoms with Crippen molar-refractivity contribution in [3.8, 4) is 11.1 Å². The maximum absolute atomic E-state index is 16.3. The fourth-order valence-corrected chi connectivity index (χ4v) is 5.75. The lowest BCUT2D eigenvalue weighted by Crippen LogP contribution is -2.65. The van der Waals surface area contributed by atoms with Crippen LogP contribution in [0.3, 0.4) is 0 Å². The normalized spacial score (nSPS) is 25.2. The lowest BCUT2D eigenvalue weighted by Gasteiger charge is -2.51. The van der Waals surface area contributed by atoms with Crippen molar-refractivity contribution in [2.75, 3.05) is 32.7 Å². The molecular weight excluding hydrogens is 463 g/mol. The van der Waals surface area contributed by atoms with E-state index in [4.69, 9.17) is 9.47 Å². The Balaban J connectivity index is 1.63. The van der Waals surface area contributed by atoms with Gasteiger partial charge in [0.2, 0.25) is 0 Å². The van der Waals surface area contributed by atoms with Crippen molar-refractivity contribution >= 4 is 11.9 Å². The molecular formula is C28H31FN2O5. The van der Waals surface area contributed by atoms with Gasteiger partial charge in [0, 0.05) is 62.8 Å². The standard InChI is InChI=1S/C28H31FN2O5/c29-26-21(20-7-2-1-3-8-20)9-6-10-22(26)23(19-31-17-15-30-16-18-31)27(34)13-4-5-14-28(27)35-24(32)11-12-25(33)36-28/h1-3,6-12,23,30,34H,4-5,13-19H2. The first-order chi connectivity index (χ1) is 17.4. The van der Waals surface area contributed by atoms with E-state index in [1.165, 1.54) is 0 Å². The monoisotopic (exact) mass is 494 g/mol. The van der Waals surface area contributed by atoms with Crippen molar-refractivity contribution in [3.63, 3.8) is 0 Å². The van der Waals surface area contributed by atoms with E-state index in [-0.39, 0.29) is 12.8 Å². The van der Waals surface area contributed by atoms with Gasteiger partial charge in [0.15, 0.2) is 0 Å². The number of benzene rings is 2. The Morgan fingerprint density at radius 3 is 2.31 bits per heavy atom. The number of nitrogens with zero attached hydrogens (tertiary/aromatic N) is 1.